The summed E-state index contributed by atoms with van der Waals surface area (Å²) in [6.07, 6.45) is 5.77. The molecule has 2 rings (SSSR count). The smallest absolute Gasteiger partial charge is 0.271 e. The lowest BCUT2D eigenvalue weighted by molar-refractivity contribution is 0.0855. The highest BCUT2D eigenvalue weighted by Gasteiger charge is 2.18. The van der Waals surface area contributed by atoms with Gasteiger partial charge in [0, 0.05) is 20.1 Å². The van der Waals surface area contributed by atoms with E-state index < -0.39 is 6.10 Å². The fraction of sp³-hybridized carbons (Fsp3) is 0.714. The van der Waals surface area contributed by atoms with E-state index in [1.54, 1.807) is 7.05 Å². The number of β-amino-alcohol motifs (C(OH)–C–C–N with tert-alkyl or cyclic N) is 1. The summed E-state index contributed by atoms with van der Waals surface area (Å²) >= 11 is 5.91. The van der Waals surface area contributed by atoms with E-state index in [0.717, 1.165) is 13.1 Å². The van der Waals surface area contributed by atoms with Crippen LogP contribution in [0.25, 0.3) is 0 Å². The number of nitrogens with one attached hydrogen (secondary N) is 1. The number of aliphatic hydroxyl groups is 1. The first-order valence-corrected chi connectivity index (χ1v) is 7.82. The average Bonchev–Trinajstić information content (AvgIpc) is 2.67. The minimum Gasteiger partial charge on any atom is -0.390 e. The Bertz CT molecular complexity index is 450. The topological polar surface area (TPSA) is 70.4 Å². The van der Waals surface area contributed by atoms with Crippen LogP contribution in [0.5, 0.6) is 0 Å². The van der Waals surface area contributed by atoms with Gasteiger partial charge in [-0.05, 0) is 25.9 Å². The van der Waals surface area contributed by atoms with Crippen molar-refractivity contribution in [2.24, 2.45) is 7.05 Å². The van der Waals surface area contributed by atoms with Crippen LogP contribution in [0, 0.1) is 0 Å². The van der Waals surface area contributed by atoms with Gasteiger partial charge in [0.15, 0.2) is 0 Å². The number of carbonyl (C=O) groups excluding carboxylic acids is 1. The Morgan fingerprint density at radius 2 is 2.10 bits per heavy atom. The van der Waals surface area contributed by atoms with Crippen molar-refractivity contribution in [3.63, 3.8) is 0 Å². The molecule has 21 heavy (non-hydrogen) atoms. The second-order valence-corrected chi connectivity index (χ2v) is 5.95. The van der Waals surface area contributed by atoms with Crippen molar-refractivity contribution in [2.75, 3.05) is 26.2 Å². The minimum absolute atomic E-state index is 0.219. The quantitative estimate of drug-likeness (QED) is 0.852. The SMILES string of the molecule is Cn1ncc(Cl)c1C(=O)NC[C@H](O)CN1CCCCCC1. The van der Waals surface area contributed by atoms with Gasteiger partial charge in [-0.3, -0.25) is 9.48 Å². The Kier molecular flexibility index (Phi) is 6.02. The minimum atomic E-state index is -0.570. The second-order valence-electron chi connectivity index (χ2n) is 5.54. The van der Waals surface area contributed by atoms with Gasteiger partial charge >= 0.3 is 0 Å². The van der Waals surface area contributed by atoms with E-state index in [1.807, 2.05) is 0 Å². The van der Waals surface area contributed by atoms with Crippen LogP contribution in [0.3, 0.4) is 0 Å². The molecule has 1 fully saturated rings. The molecule has 1 atom stereocenters. The Morgan fingerprint density at radius 1 is 1.43 bits per heavy atom. The molecule has 0 saturated carbocycles. The maximum Gasteiger partial charge on any atom is 0.271 e. The maximum atomic E-state index is 12.0. The number of hydrogen-bond acceptors (Lipinski definition) is 4. The number of likely N-dealkylation sites (tertiary alicyclic amines) is 1. The van der Waals surface area contributed by atoms with Crippen LogP contribution in [0.15, 0.2) is 6.20 Å². The molecule has 0 unspecified atom stereocenters. The van der Waals surface area contributed by atoms with Gasteiger partial charge in [-0.15, -0.1) is 0 Å². The van der Waals surface area contributed by atoms with Crippen LogP contribution in [0.2, 0.25) is 5.02 Å². The molecule has 2 heterocycles. The van der Waals surface area contributed by atoms with Gasteiger partial charge in [0.25, 0.3) is 5.91 Å². The Labute approximate surface area is 130 Å². The third kappa shape index (κ3) is 4.69. The molecule has 0 radical (unpaired) electrons. The molecule has 6 nitrogen and oxygen atoms in total. The van der Waals surface area contributed by atoms with E-state index in [-0.39, 0.29) is 12.5 Å². The monoisotopic (exact) mass is 314 g/mol. The molecular formula is C14H23ClN4O2. The van der Waals surface area contributed by atoms with E-state index in [9.17, 15) is 9.90 Å². The molecule has 1 aliphatic rings. The van der Waals surface area contributed by atoms with Crippen molar-refractivity contribution in [3.8, 4) is 0 Å². The molecule has 1 aromatic rings. The number of nitrogens with zero attached hydrogens (tertiary/aromatic N) is 3. The van der Waals surface area contributed by atoms with Crippen LogP contribution in [0.4, 0.5) is 0 Å². The molecule has 0 aromatic carbocycles. The Morgan fingerprint density at radius 3 is 2.67 bits per heavy atom. The van der Waals surface area contributed by atoms with Crippen molar-refractivity contribution in [1.29, 1.82) is 0 Å². The van der Waals surface area contributed by atoms with Gasteiger partial charge in [0.2, 0.25) is 0 Å². The highest BCUT2D eigenvalue weighted by atomic mass is 35.5. The molecule has 2 N–H and O–H groups in total. The molecule has 1 aliphatic heterocycles. The standard InChI is InChI=1S/C14H23ClN4O2/c1-18-13(12(15)9-17-18)14(21)16-8-11(20)10-19-6-4-2-3-5-7-19/h9,11,20H,2-8,10H2,1H3,(H,16,21)/t11-/m0/s1. The lowest BCUT2D eigenvalue weighted by Gasteiger charge is -2.23. The zero-order valence-electron chi connectivity index (χ0n) is 12.4. The number of aromatic nitrogens is 2. The first-order chi connectivity index (χ1) is 10.1. The predicted molar refractivity (Wildman–Crippen MR) is 81.5 cm³/mol. The first kappa shape index (κ1) is 16.3. The fourth-order valence-corrected chi connectivity index (χ4v) is 2.89. The zero-order chi connectivity index (χ0) is 15.2. The number of amides is 1. The number of halogens is 1. The molecule has 118 valence electrons. The largest absolute Gasteiger partial charge is 0.390 e. The molecular weight excluding hydrogens is 292 g/mol. The molecule has 0 aliphatic carbocycles. The van der Waals surface area contributed by atoms with Gasteiger partial charge in [0.1, 0.15) is 5.69 Å². The van der Waals surface area contributed by atoms with E-state index >= 15 is 0 Å². The molecule has 0 spiro atoms. The van der Waals surface area contributed by atoms with Gasteiger partial charge < -0.3 is 15.3 Å². The van der Waals surface area contributed by atoms with E-state index in [4.69, 9.17) is 11.6 Å². The van der Waals surface area contributed by atoms with Gasteiger partial charge in [-0.1, -0.05) is 24.4 Å². The van der Waals surface area contributed by atoms with E-state index in [0.29, 0.717) is 17.3 Å². The van der Waals surface area contributed by atoms with Crippen LogP contribution in [0.1, 0.15) is 36.2 Å². The summed E-state index contributed by atoms with van der Waals surface area (Å²) in [4.78, 5) is 14.3. The summed E-state index contributed by atoms with van der Waals surface area (Å²) in [6.45, 7) is 2.87. The van der Waals surface area contributed by atoms with Gasteiger partial charge in [0.05, 0.1) is 17.3 Å². The van der Waals surface area contributed by atoms with Crippen molar-refractivity contribution >= 4 is 17.5 Å². The lowest BCUT2D eigenvalue weighted by Crippen LogP contribution is -2.41. The second kappa shape index (κ2) is 7.77. The van der Waals surface area contributed by atoms with Crippen LogP contribution < -0.4 is 5.32 Å². The fourth-order valence-electron chi connectivity index (χ4n) is 2.64. The zero-order valence-corrected chi connectivity index (χ0v) is 13.1. The Balaban J connectivity index is 1.78. The third-order valence-electron chi connectivity index (χ3n) is 3.78. The van der Waals surface area contributed by atoms with Gasteiger partial charge in [-0.2, -0.15) is 5.10 Å². The summed E-state index contributed by atoms with van der Waals surface area (Å²) < 4.78 is 1.43. The number of hydrogen-bond donors (Lipinski definition) is 2. The predicted octanol–water partition coefficient (Wildman–Crippen LogP) is 1.04. The summed E-state index contributed by atoms with van der Waals surface area (Å²) in [7, 11) is 1.66. The number of carbonyl (C=O) groups is 1. The third-order valence-corrected chi connectivity index (χ3v) is 4.05. The summed E-state index contributed by atoms with van der Waals surface area (Å²) in [5.41, 5.74) is 0.318. The van der Waals surface area contributed by atoms with Crippen molar-refractivity contribution in [2.45, 2.75) is 31.8 Å². The molecule has 0 bridgehead atoms. The summed E-state index contributed by atoms with van der Waals surface area (Å²) in [5.74, 6) is -0.310. The summed E-state index contributed by atoms with van der Waals surface area (Å²) in [6, 6.07) is 0. The van der Waals surface area contributed by atoms with Crippen LogP contribution in [-0.4, -0.2) is 58.0 Å². The van der Waals surface area contributed by atoms with Crippen LogP contribution >= 0.6 is 11.6 Å². The van der Waals surface area contributed by atoms with E-state index in [1.165, 1.54) is 36.6 Å². The molecule has 1 amide bonds. The van der Waals surface area contributed by atoms with Crippen molar-refractivity contribution in [1.82, 2.24) is 20.0 Å². The molecule has 7 heteroatoms. The van der Waals surface area contributed by atoms with Crippen LogP contribution in [-0.2, 0) is 7.05 Å². The molecule has 1 saturated heterocycles. The van der Waals surface area contributed by atoms with Gasteiger partial charge in [-0.25, -0.2) is 0 Å². The number of aryl methyl sites for hydroxylation is 1. The normalized spacial score (nSPS) is 18.2. The number of aliphatic hydroxyl groups excluding tert-OH is 1. The lowest BCUT2D eigenvalue weighted by atomic mass is 10.2. The molecule has 1 aromatic heterocycles. The Hall–Kier alpha value is -1.11. The van der Waals surface area contributed by atoms with Crippen molar-refractivity contribution in [3.05, 3.63) is 16.9 Å². The van der Waals surface area contributed by atoms with Crippen molar-refractivity contribution < 1.29 is 9.90 Å². The number of rotatable bonds is 5. The highest BCUT2D eigenvalue weighted by Crippen LogP contribution is 2.13. The summed E-state index contributed by atoms with van der Waals surface area (Å²) in [5, 5.41) is 17.0. The average molecular weight is 315 g/mol. The maximum absolute atomic E-state index is 12.0. The van der Waals surface area contributed by atoms with E-state index in [2.05, 4.69) is 15.3 Å². The first-order valence-electron chi connectivity index (χ1n) is 7.44. The highest BCUT2D eigenvalue weighted by molar-refractivity contribution is 6.33.